The fraction of sp³-hybridized carbons (Fsp3) is 0.600. The first kappa shape index (κ1) is 18.7. The van der Waals surface area contributed by atoms with Crippen molar-refractivity contribution in [2.75, 3.05) is 26.3 Å². The second-order valence-electron chi connectivity index (χ2n) is 7.23. The van der Waals surface area contributed by atoms with Crippen molar-refractivity contribution in [3.63, 3.8) is 0 Å². The molecule has 3 rings (SSSR count). The average molecular weight is 360 g/mol. The zero-order chi connectivity index (χ0) is 18.4. The molecule has 0 saturated carbocycles. The number of nitrogens with two attached hydrogens (primary N) is 1. The first-order chi connectivity index (χ1) is 12.6. The van der Waals surface area contributed by atoms with Crippen LogP contribution in [0.25, 0.3) is 0 Å². The summed E-state index contributed by atoms with van der Waals surface area (Å²) in [5.74, 6) is 0.885. The van der Waals surface area contributed by atoms with Crippen molar-refractivity contribution in [2.24, 2.45) is 11.7 Å². The van der Waals surface area contributed by atoms with Gasteiger partial charge in [-0.3, -0.25) is 9.59 Å². The van der Waals surface area contributed by atoms with E-state index in [0.29, 0.717) is 31.1 Å². The lowest BCUT2D eigenvalue weighted by atomic mass is 9.93. The number of nitrogens with zero attached hydrogens (tertiary/aromatic N) is 1. The largest absolute Gasteiger partial charge is 0.491 e. The summed E-state index contributed by atoms with van der Waals surface area (Å²) in [5.41, 5.74) is 5.91. The fourth-order valence-electron chi connectivity index (χ4n) is 3.67. The molecule has 2 fully saturated rings. The van der Waals surface area contributed by atoms with Gasteiger partial charge in [0.15, 0.2) is 0 Å². The molecule has 2 heterocycles. The van der Waals surface area contributed by atoms with Gasteiger partial charge in [0.1, 0.15) is 12.4 Å². The number of amides is 2. The van der Waals surface area contributed by atoms with Gasteiger partial charge in [-0.05, 0) is 62.3 Å². The van der Waals surface area contributed by atoms with Crippen LogP contribution in [-0.2, 0) is 9.53 Å². The highest BCUT2D eigenvalue weighted by molar-refractivity contribution is 5.94. The Labute approximate surface area is 154 Å². The summed E-state index contributed by atoms with van der Waals surface area (Å²) in [7, 11) is 0. The predicted molar refractivity (Wildman–Crippen MR) is 98.0 cm³/mol. The van der Waals surface area contributed by atoms with E-state index in [1.54, 1.807) is 0 Å². The number of carbonyl (C=O) groups excluding carboxylic acids is 2. The van der Waals surface area contributed by atoms with Crippen LogP contribution in [0.15, 0.2) is 24.3 Å². The minimum absolute atomic E-state index is 0.0412. The van der Waals surface area contributed by atoms with Crippen LogP contribution in [0.4, 0.5) is 0 Å². The number of rotatable bonds is 7. The van der Waals surface area contributed by atoms with Gasteiger partial charge >= 0.3 is 0 Å². The van der Waals surface area contributed by atoms with E-state index in [9.17, 15) is 9.59 Å². The smallest absolute Gasteiger partial charge is 0.253 e. The molecule has 2 unspecified atom stereocenters. The van der Waals surface area contributed by atoms with E-state index < -0.39 is 0 Å². The molecule has 2 aliphatic heterocycles. The lowest BCUT2D eigenvalue weighted by Gasteiger charge is -2.32. The highest BCUT2D eigenvalue weighted by Crippen LogP contribution is 2.23. The molecular weight excluding hydrogens is 332 g/mol. The number of piperidine rings is 1. The molecule has 2 amide bonds. The second kappa shape index (κ2) is 9.03. The molecule has 26 heavy (non-hydrogen) atoms. The highest BCUT2D eigenvalue weighted by Gasteiger charge is 2.24. The zero-order valence-corrected chi connectivity index (χ0v) is 15.2. The van der Waals surface area contributed by atoms with Gasteiger partial charge in [-0.2, -0.15) is 0 Å². The molecular formula is C20H28N2O4. The predicted octanol–water partition coefficient (Wildman–Crippen LogP) is 2.36. The standard InChI is InChI=1S/C20H28N2O4/c21-19(23)10-5-15-3-1-11-22(13-15)20(24)16-6-8-17(9-7-16)26-14-18-4-2-12-25-18/h6-9,15,18H,1-5,10-14H2,(H2,21,23). The third kappa shape index (κ3) is 5.21. The van der Waals surface area contributed by atoms with Gasteiger partial charge in [-0.1, -0.05) is 0 Å². The van der Waals surface area contributed by atoms with Gasteiger partial charge in [0.05, 0.1) is 6.10 Å². The van der Waals surface area contributed by atoms with Crippen LogP contribution >= 0.6 is 0 Å². The quantitative estimate of drug-likeness (QED) is 0.809. The molecule has 0 spiro atoms. The molecule has 0 bridgehead atoms. The van der Waals surface area contributed by atoms with E-state index in [1.807, 2.05) is 29.2 Å². The molecule has 2 aliphatic rings. The summed E-state index contributed by atoms with van der Waals surface area (Å²) < 4.78 is 11.3. The normalized spacial score (nSPS) is 23.0. The van der Waals surface area contributed by atoms with Crippen molar-refractivity contribution in [3.8, 4) is 5.75 Å². The molecule has 1 aromatic carbocycles. The van der Waals surface area contributed by atoms with E-state index in [0.717, 1.165) is 51.0 Å². The van der Waals surface area contributed by atoms with Gasteiger partial charge in [-0.25, -0.2) is 0 Å². The Bertz CT molecular complexity index is 611. The molecule has 1 aromatic rings. The fourth-order valence-corrected chi connectivity index (χ4v) is 3.67. The molecule has 0 radical (unpaired) electrons. The Morgan fingerprint density at radius 2 is 2.00 bits per heavy atom. The Hall–Kier alpha value is -2.08. The van der Waals surface area contributed by atoms with Crippen molar-refractivity contribution >= 4 is 11.8 Å². The van der Waals surface area contributed by atoms with Crippen molar-refractivity contribution in [1.29, 1.82) is 0 Å². The van der Waals surface area contributed by atoms with Crippen LogP contribution < -0.4 is 10.5 Å². The van der Waals surface area contributed by atoms with Crippen LogP contribution in [-0.4, -0.2) is 49.1 Å². The van der Waals surface area contributed by atoms with E-state index in [2.05, 4.69) is 0 Å². The summed E-state index contributed by atoms with van der Waals surface area (Å²) in [6.07, 6.45) is 5.49. The van der Waals surface area contributed by atoms with Gasteiger partial charge in [0.2, 0.25) is 5.91 Å². The van der Waals surface area contributed by atoms with Gasteiger partial charge in [-0.15, -0.1) is 0 Å². The van der Waals surface area contributed by atoms with Crippen LogP contribution in [0.1, 0.15) is 48.9 Å². The Balaban J connectivity index is 1.51. The number of ether oxygens (including phenoxy) is 2. The van der Waals surface area contributed by atoms with Crippen molar-refractivity contribution in [2.45, 2.75) is 44.6 Å². The van der Waals surface area contributed by atoms with Crippen molar-refractivity contribution < 1.29 is 19.1 Å². The molecule has 6 nitrogen and oxygen atoms in total. The van der Waals surface area contributed by atoms with Gasteiger partial charge in [0.25, 0.3) is 5.91 Å². The summed E-state index contributed by atoms with van der Waals surface area (Å²) >= 11 is 0. The van der Waals surface area contributed by atoms with Crippen LogP contribution in [0, 0.1) is 5.92 Å². The first-order valence-electron chi connectivity index (χ1n) is 9.54. The lowest BCUT2D eigenvalue weighted by molar-refractivity contribution is -0.118. The van der Waals surface area contributed by atoms with E-state index in [4.69, 9.17) is 15.2 Å². The topological polar surface area (TPSA) is 81.9 Å². The van der Waals surface area contributed by atoms with Crippen LogP contribution in [0.5, 0.6) is 5.75 Å². The van der Waals surface area contributed by atoms with Crippen molar-refractivity contribution in [3.05, 3.63) is 29.8 Å². The Morgan fingerprint density at radius 1 is 1.19 bits per heavy atom. The molecule has 2 atom stereocenters. The molecule has 142 valence electrons. The SMILES string of the molecule is NC(=O)CCC1CCCN(C(=O)c2ccc(OCC3CCCO3)cc2)C1. The molecule has 2 N–H and O–H groups in total. The van der Waals surface area contributed by atoms with Crippen molar-refractivity contribution in [1.82, 2.24) is 4.90 Å². The summed E-state index contributed by atoms with van der Waals surface area (Å²) in [6.45, 7) is 2.84. The van der Waals surface area contributed by atoms with Crippen LogP contribution in [0.2, 0.25) is 0 Å². The third-order valence-electron chi connectivity index (χ3n) is 5.17. The van der Waals surface area contributed by atoms with Gasteiger partial charge < -0.3 is 20.1 Å². The zero-order valence-electron chi connectivity index (χ0n) is 15.2. The molecule has 0 aliphatic carbocycles. The number of hydrogen-bond donors (Lipinski definition) is 1. The van der Waals surface area contributed by atoms with E-state index >= 15 is 0 Å². The summed E-state index contributed by atoms with van der Waals surface area (Å²) in [6, 6.07) is 7.33. The number of benzene rings is 1. The molecule has 2 saturated heterocycles. The number of hydrogen-bond acceptors (Lipinski definition) is 4. The lowest BCUT2D eigenvalue weighted by Crippen LogP contribution is -2.40. The Kier molecular flexibility index (Phi) is 6.50. The van der Waals surface area contributed by atoms with Gasteiger partial charge in [0, 0.05) is 31.7 Å². The third-order valence-corrected chi connectivity index (χ3v) is 5.17. The maximum atomic E-state index is 12.7. The monoisotopic (exact) mass is 360 g/mol. The maximum Gasteiger partial charge on any atom is 0.253 e. The highest BCUT2D eigenvalue weighted by atomic mass is 16.5. The number of carbonyl (C=O) groups is 2. The summed E-state index contributed by atoms with van der Waals surface area (Å²) in [5, 5.41) is 0. The first-order valence-corrected chi connectivity index (χ1v) is 9.54. The molecule has 0 aromatic heterocycles. The second-order valence-corrected chi connectivity index (χ2v) is 7.23. The summed E-state index contributed by atoms with van der Waals surface area (Å²) in [4.78, 5) is 25.6. The minimum atomic E-state index is -0.271. The van der Waals surface area contributed by atoms with Crippen LogP contribution in [0.3, 0.4) is 0 Å². The average Bonchev–Trinajstić information content (AvgIpc) is 3.18. The number of likely N-dealkylation sites (tertiary alicyclic amines) is 1. The maximum absolute atomic E-state index is 12.7. The van der Waals surface area contributed by atoms with E-state index in [1.165, 1.54) is 0 Å². The molecule has 6 heteroatoms. The van der Waals surface area contributed by atoms with E-state index in [-0.39, 0.29) is 17.9 Å². The number of primary amides is 1. The Morgan fingerprint density at radius 3 is 2.69 bits per heavy atom. The minimum Gasteiger partial charge on any atom is -0.491 e.